The van der Waals surface area contributed by atoms with Crippen LogP contribution >= 0.6 is 0 Å². The van der Waals surface area contributed by atoms with Crippen molar-refractivity contribution in [1.29, 1.82) is 0 Å². The molecule has 0 saturated heterocycles. The number of hydrogen-bond donors (Lipinski definition) is 0. The van der Waals surface area contributed by atoms with Crippen molar-refractivity contribution >= 4 is 5.57 Å². The van der Waals surface area contributed by atoms with Gasteiger partial charge in [0.05, 0.1) is 0 Å². The SMILES string of the molecule is C=CC=C1CC=CC=C1c1ccccc1. The number of benzene rings is 1. The van der Waals surface area contributed by atoms with E-state index in [1.807, 2.05) is 12.1 Å². The van der Waals surface area contributed by atoms with Crippen molar-refractivity contribution in [1.82, 2.24) is 0 Å². The van der Waals surface area contributed by atoms with Gasteiger partial charge in [-0.05, 0) is 23.1 Å². The first kappa shape index (κ1) is 9.72. The van der Waals surface area contributed by atoms with E-state index in [1.165, 1.54) is 16.7 Å². The second-order valence-electron chi connectivity index (χ2n) is 3.51. The summed E-state index contributed by atoms with van der Waals surface area (Å²) >= 11 is 0. The molecule has 0 aromatic heterocycles. The van der Waals surface area contributed by atoms with Crippen LogP contribution in [-0.4, -0.2) is 0 Å². The Morgan fingerprint density at radius 2 is 1.93 bits per heavy atom. The highest BCUT2D eigenvalue weighted by molar-refractivity contribution is 5.81. The highest BCUT2D eigenvalue weighted by atomic mass is 14.1. The number of hydrogen-bond acceptors (Lipinski definition) is 0. The molecule has 0 atom stereocenters. The van der Waals surface area contributed by atoms with Crippen LogP contribution in [0.1, 0.15) is 12.0 Å². The molecule has 0 amide bonds. The van der Waals surface area contributed by atoms with Gasteiger partial charge < -0.3 is 0 Å². The fraction of sp³-hybridized carbons (Fsp3) is 0.0667. The van der Waals surface area contributed by atoms with Gasteiger partial charge >= 0.3 is 0 Å². The molecule has 0 saturated carbocycles. The lowest BCUT2D eigenvalue weighted by Crippen LogP contribution is -1.92. The standard InChI is InChI=1S/C15H14/c1-2-8-13-11-6-7-12-15(13)14-9-4-3-5-10-14/h2-10,12H,1,11H2. The minimum absolute atomic E-state index is 0.993. The summed E-state index contributed by atoms with van der Waals surface area (Å²) in [5.74, 6) is 0. The van der Waals surface area contributed by atoms with Gasteiger partial charge in [0.15, 0.2) is 0 Å². The molecule has 74 valence electrons. The summed E-state index contributed by atoms with van der Waals surface area (Å²) in [7, 11) is 0. The van der Waals surface area contributed by atoms with Gasteiger partial charge in [0.2, 0.25) is 0 Å². The van der Waals surface area contributed by atoms with Gasteiger partial charge in [0.25, 0.3) is 0 Å². The molecule has 0 bridgehead atoms. The second-order valence-corrected chi connectivity index (χ2v) is 3.51. The van der Waals surface area contributed by atoms with Gasteiger partial charge in [-0.15, -0.1) is 0 Å². The van der Waals surface area contributed by atoms with Gasteiger partial charge in [-0.2, -0.15) is 0 Å². The van der Waals surface area contributed by atoms with Crippen LogP contribution in [0.5, 0.6) is 0 Å². The molecule has 0 heterocycles. The quantitative estimate of drug-likeness (QED) is 0.663. The first-order valence-electron chi connectivity index (χ1n) is 5.16. The highest BCUT2D eigenvalue weighted by Gasteiger charge is 2.07. The van der Waals surface area contributed by atoms with Crippen LogP contribution in [0.3, 0.4) is 0 Å². The van der Waals surface area contributed by atoms with Gasteiger partial charge in [-0.25, -0.2) is 0 Å². The summed E-state index contributed by atoms with van der Waals surface area (Å²) in [6.45, 7) is 3.76. The smallest absolute Gasteiger partial charge is 0.00882 e. The first-order chi connectivity index (χ1) is 7.42. The predicted molar refractivity (Wildman–Crippen MR) is 66.5 cm³/mol. The Labute approximate surface area is 91.0 Å². The van der Waals surface area contributed by atoms with Gasteiger partial charge in [0, 0.05) is 0 Å². The van der Waals surface area contributed by atoms with E-state index < -0.39 is 0 Å². The molecule has 0 aliphatic heterocycles. The van der Waals surface area contributed by atoms with Crippen LogP contribution in [0.4, 0.5) is 0 Å². The monoisotopic (exact) mass is 194 g/mol. The summed E-state index contributed by atoms with van der Waals surface area (Å²) in [6, 6.07) is 10.5. The summed E-state index contributed by atoms with van der Waals surface area (Å²) in [5, 5.41) is 0. The maximum Gasteiger partial charge on any atom is -0.00882 e. The molecule has 0 unspecified atom stereocenters. The van der Waals surface area contributed by atoms with Crippen LogP contribution < -0.4 is 0 Å². The third-order valence-corrected chi connectivity index (χ3v) is 2.49. The summed E-state index contributed by atoms with van der Waals surface area (Å²) in [6.07, 6.45) is 11.4. The second kappa shape index (κ2) is 4.61. The van der Waals surface area contributed by atoms with Crippen LogP contribution in [0.2, 0.25) is 0 Å². The van der Waals surface area contributed by atoms with Crippen molar-refractivity contribution in [2.75, 3.05) is 0 Å². The van der Waals surface area contributed by atoms with E-state index in [4.69, 9.17) is 0 Å². The molecule has 0 fully saturated rings. The summed E-state index contributed by atoms with van der Waals surface area (Å²) in [5.41, 5.74) is 3.91. The first-order valence-corrected chi connectivity index (χ1v) is 5.16. The van der Waals surface area contributed by atoms with Crippen LogP contribution in [0.25, 0.3) is 5.57 Å². The molecule has 0 heteroatoms. The van der Waals surface area contributed by atoms with E-state index in [9.17, 15) is 0 Å². The van der Waals surface area contributed by atoms with Crippen molar-refractivity contribution in [2.24, 2.45) is 0 Å². The van der Waals surface area contributed by atoms with Crippen molar-refractivity contribution < 1.29 is 0 Å². The summed E-state index contributed by atoms with van der Waals surface area (Å²) in [4.78, 5) is 0. The third-order valence-electron chi connectivity index (χ3n) is 2.49. The minimum atomic E-state index is 0.993. The maximum atomic E-state index is 3.76. The molecular formula is C15H14. The average molecular weight is 194 g/mol. The topological polar surface area (TPSA) is 0 Å². The predicted octanol–water partition coefficient (Wildman–Crippen LogP) is 4.14. The molecule has 0 spiro atoms. The zero-order valence-electron chi connectivity index (χ0n) is 8.69. The van der Waals surface area contributed by atoms with E-state index in [2.05, 4.69) is 55.1 Å². The van der Waals surface area contributed by atoms with Crippen molar-refractivity contribution in [3.8, 4) is 0 Å². The van der Waals surface area contributed by atoms with E-state index in [-0.39, 0.29) is 0 Å². The van der Waals surface area contributed by atoms with Crippen LogP contribution in [-0.2, 0) is 0 Å². The van der Waals surface area contributed by atoms with Crippen molar-refractivity contribution in [3.63, 3.8) is 0 Å². The Morgan fingerprint density at radius 3 is 2.67 bits per heavy atom. The normalized spacial score (nSPS) is 17.6. The van der Waals surface area contributed by atoms with E-state index in [1.54, 1.807) is 0 Å². The lowest BCUT2D eigenvalue weighted by atomic mass is 9.92. The molecule has 1 aromatic rings. The van der Waals surface area contributed by atoms with Gasteiger partial charge in [-0.1, -0.05) is 67.3 Å². The fourth-order valence-corrected chi connectivity index (χ4v) is 1.78. The molecule has 1 aliphatic carbocycles. The summed E-state index contributed by atoms with van der Waals surface area (Å²) < 4.78 is 0. The Balaban J connectivity index is 2.42. The van der Waals surface area contributed by atoms with E-state index in [0.717, 1.165) is 6.42 Å². The Morgan fingerprint density at radius 1 is 1.13 bits per heavy atom. The molecule has 15 heavy (non-hydrogen) atoms. The van der Waals surface area contributed by atoms with Crippen LogP contribution in [0.15, 0.2) is 72.9 Å². The van der Waals surface area contributed by atoms with Crippen molar-refractivity contribution in [3.05, 3.63) is 78.4 Å². The Bertz CT molecular complexity index is 430. The fourth-order valence-electron chi connectivity index (χ4n) is 1.78. The minimum Gasteiger partial charge on any atom is -0.0991 e. The zero-order chi connectivity index (χ0) is 10.5. The molecule has 0 radical (unpaired) electrons. The lowest BCUT2D eigenvalue weighted by molar-refractivity contribution is 1.27. The maximum absolute atomic E-state index is 3.76. The Kier molecular flexibility index (Phi) is 2.99. The average Bonchev–Trinajstić information content (AvgIpc) is 2.31. The van der Waals surface area contributed by atoms with Crippen LogP contribution in [0, 0.1) is 0 Å². The van der Waals surface area contributed by atoms with E-state index in [0.29, 0.717) is 0 Å². The third kappa shape index (κ3) is 2.16. The molecule has 0 nitrogen and oxygen atoms in total. The molecule has 0 N–H and O–H groups in total. The lowest BCUT2D eigenvalue weighted by Gasteiger charge is -2.13. The van der Waals surface area contributed by atoms with Gasteiger partial charge in [0.1, 0.15) is 0 Å². The Hall–Kier alpha value is -1.82. The molecule has 1 aromatic carbocycles. The van der Waals surface area contributed by atoms with Crippen molar-refractivity contribution in [2.45, 2.75) is 6.42 Å². The van der Waals surface area contributed by atoms with E-state index >= 15 is 0 Å². The molecule has 1 aliphatic rings. The zero-order valence-corrected chi connectivity index (χ0v) is 8.69. The largest absolute Gasteiger partial charge is 0.0991 e. The highest BCUT2D eigenvalue weighted by Crippen LogP contribution is 2.28. The number of rotatable bonds is 2. The van der Waals surface area contributed by atoms with Gasteiger partial charge in [-0.3, -0.25) is 0 Å². The number of allylic oxidation sites excluding steroid dienone is 7. The molecular weight excluding hydrogens is 180 g/mol. The molecule has 2 rings (SSSR count).